The monoisotopic (exact) mass is 1640 g/mol. The van der Waals surface area contributed by atoms with E-state index in [0.717, 1.165) is 167 Å². The lowest BCUT2D eigenvalue weighted by atomic mass is 9.89. The summed E-state index contributed by atoms with van der Waals surface area (Å²) < 4.78 is 26.5. The number of halogens is 3. The number of carbonyl (C=O) groups is 4. The molecule has 0 bridgehead atoms. The van der Waals surface area contributed by atoms with Gasteiger partial charge in [0.25, 0.3) is 0 Å². The van der Waals surface area contributed by atoms with Crippen molar-refractivity contribution < 1.29 is 33.4 Å². The molecule has 12 rings (SSSR count). The number of Topliss-reactive ketones (excluding diaryl/α,β-unsaturated/α-hetero) is 1. The van der Waals surface area contributed by atoms with Gasteiger partial charge in [-0.15, -0.1) is 0 Å². The molecule has 0 radical (unpaired) electrons. The van der Waals surface area contributed by atoms with Crippen molar-refractivity contribution in [3.05, 3.63) is 48.3 Å². The van der Waals surface area contributed by atoms with Crippen LogP contribution in [-0.2, 0) is 19.0 Å². The van der Waals surface area contributed by atoms with E-state index in [1.54, 1.807) is 12.7 Å². The zero-order chi connectivity index (χ0) is 68.1. The van der Waals surface area contributed by atoms with Gasteiger partial charge < -0.3 is 59.8 Å². The average molecular weight is 1640 g/mol. The van der Waals surface area contributed by atoms with Gasteiger partial charge in [0.2, 0.25) is 0 Å². The SMILES string of the molecule is C[C@H]1CCCCN1C(=O)OC(C)(C)C.C[C@H]1CN(C2CCC(n3cc(I)c4c(N)ncnc43)CC2)CCN1C(=O)OC(C)(C)C.C[C@H]1CN(C2CCC(n3cc(I)c4c(N)ncnc43)CC2)CCN1C(=O)OC(C)(C)C.Nc1ncnc2c1c(I)cn2C1CCC(=O)CC1. The maximum atomic E-state index is 12.5. The maximum absolute atomic E-state index is 12.5. The van der Waals surface area contributed by atoms with Gasteiger partial charge in [-0.2, -0.15) is 0 Å². The van der Waals surface area contributed by atoms with E-state index in [0.29, 0.717) is 72.3 Å². The van der Waals surface area contributed by atoms with E-state index >= 15 is 0 Å². The van der Waals surface area contributed by atoms with Crippen LogP contribution in [0.5, 0.6) is 0 Å². The van der Waals surface area contributed by atoms with Crippen LogP contribution in [0.25, 0.3) is 33.1 Å². The Balaban J connectivity index is 0.000000155. The normalized spacial score (nSPS) is 23.8. The number of amides is 3. The molecule has 94 heavy (non-hydrogen) atoms. The molecule has 3 aliphatic heterocycles. The summed E-state index contributed by atoms with van der Waals surface area (Å²) in [5.41, 5.74) is 19.5. The number of ether oxygens (including phenoxy) is 3. The highest BCUT2D eigenvalue weighted by Gasteiger charge is 2.38. The summed E-state index contributed by atoms with van der Waals surface area (Å²) in [6.07, 6.45) is 26.1. The summed E-state index contributed by atoms with van der Waals surface area (Å²) in [6, 6.07) is 3.03. The van der Waals surface area contributed by atoms with Gasteiger partial charge in [-0.3, -0.25) is 14.6 Å². The van der Waals surface area contributed by atoms with Crippen LogP contribution in [0.1, 0.15) is 198 Å². The molecule has 6 aliphatic rings. The standard InChI is InChI=1S/2C22H33IN6O2.C12H13IN4O.C11H21NO2/c2*1-14-11-27(9-10-28(14)21(30)31-22(2,3)4)15-5-7-16(8-6-15)29-12-17(23)18-19(24)25-13-26-20(18)29;13-9-5-17(7-1-3-8(18)4-2-7)12-10(9)11(14)15-6-16-12;1-9-7-5-6-8-12(9)10(13)14-11(2,3)4/h2*12-16H,5-11H2,1-4H3,(H2,24,25,26);5-7H,1-4H2,(H2,14,15,16);9H,5-8H2,1-4H3/t2*14-,15?,16?;;9-/m00.0/s1. The molecule has 6 fully saturated rings. The highest BCUT2D eigenvalue weighted by Crippen LogP contribution is 2.39. The number of nitrogens with two attached hydrogens (primary N) is 3. The number of likely N-dealkylation sites (tertiary alicyclic amines) is 1. The number of nitrogens with zero attached hydrogens (tertiary/aromatic N) is 14. The number of fused-ring (bicyclic) bond motifs is 3. The summed E-state index contributed by atoms with van der Waals surface area (Å²) >= 11 is 6.91. The Hall–Kier alpha value is -5.15. The van der Waals surface area contributed by atoms with E-state index < -0.39 is 11.2 Å². The molecule has 0 aromatic carbocycles. The smallest absolute Gasteiger partial charge is 0.410 e. The lowest BCUT2D eigenvalue weighted by Gasteiger charge is -2.45. The van der Waals surface area contributed by atoms with E-state index in [2.05, 4.69) is 161 Å². The lowest BCUT2D eigenvalue weighted by molar-refractivity contribution is -0.120. The first-order valence-electron chi connectivity index (χ1n) is 33.6. The second-order valence-corrected chi connectivity index (χ2v) is 32.8. The Kier molecular flexibility index (Phi) is 24.2. The zero-order valence-corrected chi connectivity index (χ0v) is 63.6. The fourth-order valence-electron chi connectivity index (χ4n) is 14.1. The van der Waals surface area contributed by atoms with Crippen molar-refractivity contribution in [3.8, 4) is 0 Å². The molecule has 6 N–H and O–H groups in total. The molecule has 0 spiro atoms. The van der Waals surface area contributed by atoms with E-state index in [-0.39, 0.29) is 36.0 Å². The van der Waals surface area contributed by atoms with Gasteiger partial charge in [0.05, 0.1) is 16.2 Å². The fourth-order valence-corrected chi connectivity index (χ4v) is 16.6. The first-order chi connectivity index (χ1) is 44.3. The van der Waals surface area contributed by atoms with Gasteiger partial charge in [0.1, 0.15) is 76.0 Å². The number of ketones is 1. The van der Waals surface area contributed by atoms with E-state index in [1.807, 2.05) is 77.0 Å². The van der Waals surface area contributed by atoms with Crippen molar-refractivity contribution in [1.29, 1.82) is 0 Å². The van der Waals surface area contributed by atoms with Crippen LogP contribution in [0, 0.1) is 10.7 Å². The summed E-state index contributed by atoms with van der Waals surface area (Å²) in [5, 5.41) is 2.87. The third-order valence-corrected chi connectivity index (χ3v) is 21.3. The molecule has 0 unspecified atom stereocenters. The summed E-state index contributed by atoms with van der Waals surface area (Å²) in [6.45, 7) is 29.5. The molecule has 3 saturated carbocycles. The van der Waals surface area contributed by atoms with Crippen LogP contribution in [0.3, 0.4) is 0 Å². The Morgan fingerprint density at radius 1 is 0.426 bits per heavy atom. The Bertz CT molecular complexity index is 3430. The first-order valence-corrected chi connectivity index (χ1v) is 36.9. The fraction of sp³-hybridized carbons (Fsp3) is 0.672. The molecule has 3 saturated heterocycles. The van der Waals surface area contributed by atoms with Crippen LogP contribution in [-0.4, -0.2) is 185 Å². The van der Waals surface area contributed by atoms with E-state index in [9.17, 15) is 19.2 Å². The Morgan fingerprint density at radius 2 is 0.734 bits per heavy atom. The van der Waals surface area contributed by atoms with Crippen molar-refractivity contribution in [2.24, 2.45) is 0 Å². The molecule has 6 aromatic rings. The van der Waals surface area contributed by atoms with Crippen LogP contribution >= 0.6 is 67.8 Å². The minimum absolute atomic E-state index is 0.162. The number of piperidine rings is 1. The largest absolute Gasteiger partial charge is 0.444 e. The van der Waals surface area contributed by atoms with Gasteiger partial charge in [0.15, 0.2) is 0 Å². The minimum Gasteiger partial charge on any atom is -0.444 e. The molecule has 516 valence electrons. The summed E-state index contributed by atoms with van der Waals surface area (Å²) in [4.78, 5) is 84.5. The van der Waals surface area contributed by atoms with Gasteiger partial charge in [-0.05, 0) is 234 Å². The highest BCUT2D eigenvalue weighted by atomic mass is 127. The summed E-state index contributed by atoms with van der Waals surface area (Å²) in [5.74, 6) is 2.00. The number of carbonyl (C=O) groups excluding carboxylic acids is 4. The lowest BCUT2D eigenvalue weighted by Crippen LogP contribution is -2.57. The minimum atomic E-state index is -0.456. The van der Waals surface area contributed by atoms with Crippen LogP contribution in [0.4, 0.5) is 31.8 Å². The number of nitrogen functional groups attached to an aromatic ring is 3. The third-order valence-electron chi connectivity index (χ3n) is 18.8. The molecule has 6 aromatic heterocycles. The molecule has 3 atom stereocenters. The number of hydrogen-bond acceptors (Lipinski definition) is 18. The van der Waals surface area contributed by atoms with Crippen molar-refractivity contribution in [3.63, 3.8) is 0 Å². The van der Waals surface area contributed by atoms with Crippen molar-refractivity contribution in [2.45, 2.75) is 245 Å². The van der Waals surface area contributed by atoms with Gasteiger partial charge in [-0.1, -0.05) is 0 Å². The zero-order valence-electron chi connectivity index (χ0n) is 57.1. The average Bonchev–Trinajstić information content (AvgIpc) is 1.63. The molecular formula is C67H100I3N17O7. The summed E-state index contributed by atoms with van der Waals surface area (Å²) in [7, 11) is 0. The quantitative estimate of drug-likeness (QED) is 0.107. The molecule has 3 aliphatic carbocycles. The van der Waals surface area contributed by atoms with Gasteiger partial charge >= 0.3 is 18.3 Å². The van der Waals surface area contributed by atoms with Crippen molar-refractivity contribution in [2.75, 3.05) is 63.0 Å². The number of hydrogen-bond donors (Lipinski definition) is 3. The second kappa shape index (κ2) is 31.2. The van der Waals surface area contributed by atoms with E-state index in [4.69, 9.17) is 31.4 Å². The Labute approximate surface area is 595 Å². The van der Waals surface area contributed by atoms with Crippen LogP contribution in [0.2, 0.25) is 0 Å². The molecule has 9 heterocycles. The number of anilines is 3. The number of aromatic nitrogens is 9. The van der Waals surface area contributed by atoms with Crippen LogP contribution in [0.15, 0.2) is 37.6 Å². The second-order valence-electron chi connectivity index (χ2n) is 29.3. The van der Waals surface area contributed by atoms with Crippen molar-refractivity contribution >= 4 is 142 Å². The van der Waals surface area contributed by atoms with Crippen molar-refractivity contribution in [1.82, 2.24) is 68.1 Å². The molecule has 3 amide bonds. The number of piperazine rings is 2. The molecule has 24 nitrogen and oxygen atoms in total. The van der Waals surface area contributed by atoms with Gasteiger partial charge in [0, 0.05) is 136 Å². The third kappa shape index (κ3) is 18.3. The molecule has 27 heteroatoms. The predicted octanol–water partition coefficient (Wildman–Crippen LogP) is 13.2. The predicted molar refractivity (Wildman–Crippen MR) is 393 cm³/mol. The first kappa shape index (κ1) is 73.1. The van der Waals surface area contributed by atoms with Crippen LogP contribution < -0.4 is 17.2 Å². The molecular weight excluding hydrogens is 1540 g/mol. The van der Waals surface area contributed by atoms with Gasteiger partial charge in [-0.25, -0.2) is 44.3 Å². The number of rotatable bonds is 5. The van der Waals surface area contributed by atoms with E-state index in [1.165, 1.54) is 12.7 Å². The highest BCUT2D eigenvalue weighted by molar-refractivity contribution is 14.1. The Morgan fingerprint density at radius 3 is 1.04 bits per heavy atom. The maximum Gasteiger partial charge on any atom is 0.410 e. The topological polar surface area (TPSA) is 282 Å².